The molecule has 1 N–H and O–H groups in total. The lowest BCUT2D eigenvalue weighted by Gasteiger charge is -2.48. The van der Waals surface area contributed by atoms with Gasteiger partial charge in [-0.15, -0.1) is 0 Å². The molecule has 120 valence electrons. The lowest BCUT2D eigenvalue weighted by Crippen LogP contribution is -2.47. The number of methoxy groups -OCH3 is 1. The van der Waals surface area contributed by atoms with Gasteiger partial charge in [0, 0.05) is 30.3 Å². The Hall–Kier alpha value is -1.39. The zero-order valence-corrected chi connectivity index (χ0v) is 14.0. The summed E-state index contributed by atoms with van der Waals surface area (Å²) in [5.41, 5.74) is 4.05. The Bertz CT molecular complexity index is 616. The number of carbonyl (C=O) groups excluding carboxylic acids is 1. The fraction of sp³-hybridized carbons (Fsp3) is 0.611. The van der Waals surface area contributed by atoms with E-state index in [1.165, 1.54) is 5.57 Å². The summed E-state index contributed by atoms with van der Waals surface area (Å²) in [5.74, 6) is 0.185. The van der Waals surface area contributed by atoms with Gasteiger partial charge in [0.1, 0.15) is 6.10 Å². The number of amides is 1. The SMILES string of the molecule is CCN1C(=O)C(C)=C2C[C@@]3(C)C(=C[C@@H](OC)[C@H](O)[C@@H]3C)C=C21. The van der Waals surface area contributed by atoms with E-state index in [4.69, 9.17) is 4.74 Å². The van der Waals surface area contributed by atoms with Crippen LogP contribution in [-0.4, -0.2) is 41.8 Å². The van der Waals surface area contributed by atoms with Crippen LogP contribution in [0.25, 0.3) is 0 Å². The van der Waals surface area contributed by atoms with Crippen LogP contribution in [0.2, 0.25) is 0 Å². The van der Waals surface area contributed by atoms with Gasteiger partial charge in [-0.25, -0.2) is 0 Å². The molecule has 4 atom stereocenters. The molecule has 3 aliphatic rings. The summed E-state index contributed by atoms with van der Waals surface area (Å²) in [4.78, 5) is 14.3. The first kappa shape index (κ1) is 15.5. The molecule has 0 radical (unpaired) electrons. The van der Waals surface area contributed by atoms with Crippen molar-refractivity contribution in [3.63, 3.8) is 0 Å². The number of likely N-dealkylation sites (N-methyl/N-ethyl adjacent to an activating group) is 1. The summed E-state index contributed by atoms with van der Waals surface area (Å²) in [6.45, 7) is 8.86. The highest BCUT2D eigenvalue weighted by Gasteiger charge is 2.49. The van der Waals surface area contributed by atoms with Crippen molar-refractivity contribution in [2.24, 2.45) is 11.3 Å². The highest BCUT2D eigenvalue weighted by molar-refractivity contribution is 6.00. The van der Waals surface area contributed by atoms with Gasteiger partial charge in [-0.3, -0.25) is 4.79 Å². The van der Waals surface area contributed by atoms with Gasteiger partial charge in [-0.05, 0) is 49.5 Å². The van der Waals surface area contributed by atoms with Gasteiger partial charge in [0.05, 0.1) is 6.10 Å². The Balaban J connectivity index is 2.15. The average Bonchev–Trinajstić information content (AvgIpc) is 2.73. The molecule has 0 spiro atoms. The summed E-state index contributed by atoms with van der Waals surface area (Å²) >= 11 is 0. The molecule has 0 saturated heterocycles. The Morgan fingerprint density at radius 1 is 1.50 bits per heavy atom. The fourth-order valence-electron chi connectivity index (χ4n) is 4.09. The summed E-state index contributed by atoms with van der Waals surface area (Å²) in [5, 5.41) is 10.5. The molecule has 0 aromatic carbocycles. The zero-order chi connectivity index (χ0) is 16.2. The van der Waals surface area contributed by atoms with Crippen LogP contribution < -0.4 is 0 Å². The molecule has 4 heteroatoms. The lowest BCUT2D eigenvalue weighted by atomic mass is 9.60. The first-order valence-electron chi connectivity index (χ1n) is 8.02. The van der Waals surface area contributed by atoms with Crippen LogP contribution in [-0.2, 0) is 9.53 Å². The Kier molecular flexibility index (Phi) is 3.57. The predicted octanol–water partition coefficient (Wildman–Crippen LogP) is 2.41. The van der Waals surface area contributed by atoms with Crippen molar-refractivity contribution in [3.05, 3.63) is 34.6 Å². The van der Waals surface area contributed by atoms with Crippen LogP contribution in [0.3, 0.4) is 0 Å². The number of rotatable bonds is 2. The molecule has 1 amide bonds. The van der Waals surface area contributed by atoms with Crippen molar-refractivity contribution in [1.82, 2.24) is 4.90 Å². The second kappa shape index (κ2) is 5.07. The third-order valence-electron chi connectivity index (χ3n) is 5.90. The maximum Gasteiger partial charge on any atom is 0.254 e. The van der Waals surface area contributed by atoms with E-state index < -0.39 is 6.10 Å². The van der Waals surface area contributed by atoms with Crippen LogP contribution in [0.1, 0.15) is 34.1 Å². The maximum atomic E-state index is 12.4. The zero-order valence-electron chi connectivity index (χ0n) is 14.0. The topological polar surface area (TPSA) is 49.8 Å². The number of ether oxygens (including phenoxy) is 1. The van der Waals surface area contributed by atoms with Gasteiger partial charge in [0.25, 0.3) is 5.91 Å². The van der Waals surface area contributed by atoms with Crippen molar-refractivity contribution >= 4 is 5.91 Å². The van der Waals surface area contributed by atoms with Crippen LogP contribution in [0, 0.1) is 11.3 Å². The molecule has 0 bridgehead atoms. The molecule has 2 aliphatic carbocycles. The number of aliphatic hydroxyl groups excluding tert-OH is 1. The second-order valence-electron chi connectivity index (χ2n) is 6.88. The van der Waals surface area contributed by atoms with Crippen molar-refractivity contribution < 1.29 is 14.6 Å². The summed E-state index contributed by atoms with van der Waals surface area (Å²) < 4.78 is 5.43. The van der Waals surface area contributed by atoms with Crippen molar-refractivity contribution in [1.29, 1.82) is 0 Å². The van der Waals surface area contributed by atoms with Gasteiger partial charge < -0.3 is 14.7 Å². The number of hydrogen-bond acceptors (Lipinski definition) is 3. The molecule has 0 fully saturated rings. The van der Waals surface area contributed by atoms with Gasteiger partial charge in [0.2, 0.25) is 0 Å². The Labute approximate surface area is 132 Å². The second-order valence-corrected chi connectivity index (χ2v) is 6.88. The molecule has 0 unspecified atom stereocenters. The van der Waals surface area contributed by atoms with E-state index in [-0.39, 0.29) is 23.3 Å². The molecule has 22 heavy (non-hydrogen) atoms. The summed E-state index contributed by atoms with van der Waals surface area (Å²) in [7, 11) is 1.63. The lowest BCUT2D eigenvalue weighted by molar-refractivity contribution is -0.124. The molecule has 0 saturated carbocycles. The van der Waals surface area contributed by atoms with E-state index in [9.17, 15) is 9.90 Å². The van der Waals surface area contributed by atoms with Gasteiger partial charge in [0.15, 0.2) is 0 Å². The number of aliphatic hydroxyl groups is 1. The smallest absolute Gasteiger partial charge is 0.254 e. The average molecular weight is 303 g/mol. The molecule has 1 aliphatic heterocycles. The van der Waals surface area contributed by atoms with Crippen molar-refractivity contribution in [3.8, 4) is 0 Å². The Morgan fingerprint density at radius 3 is 2.77 bits per heavy atom. The maximum absolute atomic E-state index is 12.4. The van der Waals surface area contributed by atoms with Crippen LogP contribution in [0.4, 0.5) is 0 Å². The molecule has 4 nitrogen and oxygen atoms in total. The standard InChI is InChI=1S/C18H25NO3/c1-6-19-14-7-12-8-15(22-5)16(20)11(3)18(12,4)9-13(14)10(2)17(19)21/h7-8,11,15-16,20H,6,9H2,1-5H3/t11-,15+,16+,18+/m0/s1. The molecule has 3 rings (SSSR count). The van der Waals surface area contributed by atoms with Crippen molar-refractivity contribution in [2.45, 2.75) is 46.3 Å². The van der Waals surface area contributed by atoms with Crippen LogP contribution >= 0.6 is 0 Å². The predicted molar refractivity (Wildman–Crippen MR) is 84.9 cm³/mol. The molecule has 0 aromatic rings. The normalized spacial score (nSPS) is 37.8. The van der Waals surface area contributed by atoms with E-state index in [2.05, 4.69) is 19.9 Å². The molecular formula is C18H25NO3. The highest BCUT2D eigenvalue weighted by Crippen LogP contribution is 2.54. The van der Waals surface area contributed by atoms with E-state index >= 15 is 0 Å². The summed E-state index contributed by atoms with van der Waals surface area (Å²) in [6, 6.07) is 0. The first-order valence-corrected chi connectivity index (χ1v) is 8.02. The summed E-state index contributed by atoms with van der Waals surface area (Å²) in [6.07, 6.45) is 4.15. The third-order valence-corrected chi connectivity index (χ3v) is 5.90. The number of fused-ring (bicyclic) bond motifs is 2. The van der Waals surface area contributed by atoms with Crippen LogP contribution in [0.15, 0.2) is 34.6 Å². The molecular weight excluding hydrogens is 278 g/mol. The molecule has 1 heterocycles. The van der Waals surface area contributed by atoms with E-state index in [1.54, 1.807) is 7.11 Å². The minimum absolute atomic E-state index is 0.0707. The van der Waals surface area contributed by atoms with Gasteiger partial charge in [-0.2, -0.15) is 0 Å². The quantitative estimate of drug-likeness (QED) is 0.852. The number of carbonyl (C=O) groups is 1. The minimum atomic E-state index is -0.519. The van der Waals surface area contributed by atoms with Gasteiger partial charge >= 0.3 is 0 Å². The number of hydrogen-bond donors (Lipinski definition) is 1. The van der Waals surface area contributed by atoms with Crippen molar-refractivity contribution in [2.75, 3.05) is 13.7 Å². The van der Waals surface area contributed by atoms with E-state index in [1.807, 2.05) is 24.8 Å². The van der Waals surface area contributed by atoms with E-state index in [0.29, 0.717) is 6.54 Å². The number of nitrogens with zero attached hydrogens (tertiary/aromatic N) is 1. The Morgan fingerprint density at radius 2 is 2.18 bits per heavy atom. The monoisotopic (exact) mass is 303 g/mol. The molecule has 0 aromatic heterocycles. The largest absolute Gasteiger partial charge is 0.390 e. The van der Waals surface area contributed by atoms with E-state index in [0.717, 1.165) is 23.3 Å². The number of allylic oxidation sites excluding steroid dienone is 3. The van der Waals surface area contributed by atoms with Crippen LogP contribution in [0.5, 0.6) is 0 Å². The first-order chi connectivity index (χ1) is 10.3. The van der Waals surface area contributed by atoms with Gasteiger partial charge in [-0.1, -0.05) is 13.8 Å². The highest BCUT2D eigenvalue weighted by atomic mass is 16.5. The fourth-order valence-corrected chi connectivity index (χ4v) is 4.09. The third kappa shape index (κ3) is 1.87. The minimum Gasteiger partial charge on any atom is -0.390 e.